The summed E-state index contributed by atoms with van der Waals surface area (Å²) in [7, 11) is 0. The second-order valence-electron chi connectivity index (χ2n) is 7.58. The summed E-state index contributed by atoms with van der Waals surface area (Å²) in [5.41, 5.74) is 2.55. The highest BCUT2D eigenvalue weighted by molar-refractivity contribution is 5.94. The molecule has 0 heterocycles. The van der Waals surface area contributed by atoms with Gasteiger partial charge in [0, 0.05) is 12.5 Å². The number of amides is 1. The smallest absolute Gasteiger partial charge is 0.328 e. The van der Waals surface area contributed by atoms with Crippen LogP contribution in [-0.2, 0) is 37.1 Å². The van der Waals surface area contributed by atoms with E-state index in [1.807, 2.05) is 91.0 Å². The molecule has 0 aliphatic rings. The van der Waals surface area contributed by atoms with Crippen LogP contribution in [0.25, 0.3) is 6.08 Å². The number of benzene rings is 3. The average molecular weight is 458 g/mol. The lowest BCUT2D eigenvalue weighted by molar-refractivity contribution is -0.150. The molecule has 0 aliphatic heterocycles. The lowest BCUT2D eigenvalue weighted by Crippen LogP contribution is -2.41. The zero-order valence-corrected chi connectivity index (χ0v) is 18.8. The van der Waals surface area contributed by atoms with Crippen LogP contribution < -0.4 is 5.32 Å². The summed E-state index contributed by atoms with van der Waals surface area (Å²) in [6.45, 7) is 0.222. The highest BCUT2D eigenvalue weighted by Crippen LogP contribution is 2.08. The van der Waals surface area contributed by atoms with Crippen LogP contribution in [0.5, 0.6) is 0 Å². The second-order valence-corrected chi connectivity index (χ2v) is 7.58. The standard InChI is InChI=1S/C28H27NO5/c30-26(18-16-22-10-4-1-5-11-22)29-25(28(32)34-21-24-14-8-3-9-15-24)17-19-27(31)33-20-23-12-6-2-7-13-23/h1-16,18,25H,17,19-21H2,(H,29,30)/b18-16+. The van der Waals surface area contributed by atoms with Gasteiger partial charge in [-0.2, -0.15) is 0 Å². The van der Waals surface area contributed by atoms with Crippen molar-refractivity contribution < 1.29 is 23.9 Å². The summed E-state index contributed by atoms with van der Waals surface area (Å²) in [5.74, 6) is -1.52. The first-order valence-corrected chi connectivity index (χ1v) is 11.0. The summed E-state index contributed by atoms with van der Waals surface area (Å²) < 4.78 is 10.7. The maximum absolute atomic E-state index is 12.7. The fourth-order valence-electron chi connectivity index (χ4n) is 3.11. The summed E-state index contributed by atoms with van der Waals surface area (Å²) >= 11 is 0. The monoisotopic (exact) mass is 457 g/mol. The molecule has 1 N–H and O–H groups in total. The summed E-state index contributed by atoms with van der Waals surface area (Å²) in [6, 6.07) is 26.9. The molecule has 0 saturated heterocycles. The summed E-state index contributed by atoms with van der Waals surface area (Å²) in [4.78, 5) is 37.4. The van der Waals surface area contributed by atoms with Crippen molar-refractivity contribution in [3.8, 4) is 0 Å². The molecule has 0 spiro atoms. The minimum absolute atomic E-state index is 0.0411. The second kappa shape index (κ2) is 13.4. The number of ether oxygens (including phenoxy) is 2. The molecule has 174 valence electrons. The molecule has 0 fully saturated rings. The van der Waals surface area contributed by atoms with Crippen LogP contribution in [0.1, 0.15) is 29.5 Å². The lowest BCUT2D eigenvalue weighted by Gasteiger charge is -2.17. The fraction of sp³-hybridized carbons (Fsp3) is 0.179. The van der Waals surface area contributed by atoms with Gasteiger partial charge in [0.2, 0.25) is 5.91 Å². The van der Waals surface area contributed by atoms with Crippen LogP contribution >= 0.6 is 0 Å². The Labute approximate surface area is 199 Å². The molecule has 1 unspecified atom stereocenters. The van der Waals surface area contributed by atoms with Gasteiger partial charge in [0.25, 0.3) is 0 Å². The van der Waals surface area contributed by atoms with Crippen molar-refractivity contribution in [2.45, 2.75) is 32.1 Å². The van der Waals surface area contributed by atoms with E-state index >= 15 is 0 Å². The lowest BCUT2D eigenvalue weighted by atomic mass is 10.1. The van der Waals surface area contributed by atoms with Gasteiger partial charge in [-0.3, -0.25) is 9.59 Å². The van der Waals surface area contributed by atoms with Gasteiger partial charge >= 0.3 is 11.9 Å². The number of hydrogen-bond donors (Lipinski definition) is 1. The Morgan fingerprint density at radius 1 is 0.735 bits per heavy atom. The van der Waals surface area contributed by atoms with Crippen LogP contribution in [0.2, 0.25) is 0 Å². The molecule has 0 bridgehead atoms. The Hall–Kier alpha value is -4.19. The van der Waals surface area contributed by atoms with Gasteiger partial charge in [-0.05, 0) is 29.2 Å². The molecule has 1 amide bonds. The molecule has 3 aromatic rings. The van der Waals surface area contributed by atoms with E-state index in [4.69, 9.17) is 9.47 Å². The van der Waals surface area contributed by atoms with Gasteiger partial charge in [0.05, 0.1) is 0 Å². The van der Waals surface area contributed by atoms with Crippen molar-refractivity contribution in [2.24, 2.45) is 0 Å². The van der Waals surface area contributed by atoms with Crippen LogP contribution in [0.4, 0.5) is 0 Å². The Bertz CT molecular complexity index is 1080. The normalized spacial score (nSPS) is 11.5. The third-order valence-corrected chi connectivity index (χ3v) is 4.93. The third-order valence-electron chi connectivity index (χ3n) is 4.93. The molecule has 1 atom stereocenters. The molecule has 0 saturated carbocycles. The SMILES string of the molecule is O=C(/C=C/c1ccccc1)NC(CCC(=O)OCc1ccccc1)C(=O)OCc1ccccc1. The summed E-state index contributed by atoms with van der Waals surface area (Å²) in [6.07, 6.45) is 3.02. The van der Waals surface area contributed by atoms with Crippen LogP contribution in [-0.4, -0.2) is 23.9 Å². The predicted octanol–water partition coefficient (Wildman–Crippen LogP) is 4.45. The highest BCUT2D eigenvalue weighted by atomic mass is 16.5. The number of esters is 2. The molecule has 3 aromatic carbocycles. The van der Waals surface area contributed by atoms with Crippen molar-refractivity contribution in [2.75, 3.05) is 0 Å². The molecular weight excluding hydrogens is 430 g/mol. The van der Waals surface area contributed by atoms with Gasteiger partial charge in [0.15, 0.2) is 0 Å². The first-order chi connectivity index (χ1) is 16.6. The Morgan fingerprint density at radius 3 is 1.85 bits per heavy atom. The van der Waals surface area contributed by atoms with Crippen LogP contribution in [0.15, 0.2) is 97.1 Å². The van der Waals surface area contributed by atoms with Gasteiger partial charge in [-0.25, -0.2) is 4.79 Å². The molecule has 6 nitrogen and oxygen atoms in total. The van der Waals surface area contributed by atoms with Gasteiger partial charge < -0.3 is 14.8 Å². The van der Waals surface area contributed by atoms with E-state index in [0.717, 1.165) is 16.7 Å². The first kappa shape index (κ1) is 24.5. The Kier molecular flexibility index (Phi) is 9.62. The largest absolute Gasteiger partial charge is 0.461 e. The number of hydrogen-bond acceptors (Lipinski definition) is 5. The third kappa shape index (κ3) is 8.74. The van der Waals surface area contributed by atoms with E-state index in [1.54, 1.807) is 6.08 Å². The minimum Gasteiger partial charge on any atom is -0.461 e. The number of nitrogens with one attached hydrogen (secondary N) is 1. The summed E-state index contributed by atoms with van der Waals surface area (Å²) in [5, 5.41) is 2.64. The molecule has 6 heteroatoms. The predicted molar refractivity (Wildman–Crippen MR) is 129 cm³/mol. The molecule has 0 aliphatic carbocycles. The Morgan fingerprint density at radius 2 is 1.26 bits per heavy atom. The number of rotatable bonds is 11. The zero-order chi connectivity index (χ0) is 24.0. The van der Waals surface area contributed by atoms with E-state index in [9.17, 15) is 14.4 Å². The van der Waals surface area contributed by atoms with Crippen molar-refractivity contribution >= 4 is 23.9 Å². The molecule has 34 heavy (non-hydrogen) atoms. The maximum atomic E-state index is 12.7. The highest BCUT2D eigenvalue weighted by Gasteiger charge is 2.23. The molecule has 0 radical (unpaired) electrons. The number of carbonyl (C=O) groups excluding carboxylic acids is 3. The van der Waals surface area contributed by atoms with Crippen molar-refractivity contribution in [1.82, 2.24) is 5.32 Å². The quantitative estimate of drug-likeness (QED) is 0.340. The maximum Gasteiger partial charge on any atom is 0.328 e. The van der Waals surface area contributed by atoms with Gasteiger partial charge in [0.1, 0.15) is 19.3 Å². The van der Waals surface area contributed by atoms with Crippen molar-refractivity contribution in [3.05, 3.63) is 114 Å². The van der Waals surface area contributed by atoms with E-state index in [1.165, 1.54) is 6.08 Å². The van der Waals surface area contributed by atoms with E-state index in [2.05, 4.69) is 5.32 Å². The van der Waals surface area contributed by atoms with E-state index in [0.29, 0.717) is 0 Å². The fourth-order valence-corrected chi connectivity index (χ4v) is 3.11. The topological polar surface area (TPSA) is 81.7 Å². The van der Waals surface area contributed by atoms with Crippen LogP contribution in [0.3, 0.4) is 0 Å². The molecule has 3 rings (SSSR count). The van der Waals surface area contributed by atoms with E-state index < -0.39 is 23.9 Å². The van der Waals surface area contributed by atoms with Crippen molar-refractivity contribution in [3.63, 3.8) is 0 Å². The Balaban J connectivity index is 1.56. The number of carbonyl (C=O) groups is 3. The zero-order valence-electron chi connectivity index (χ0n) is 18.8. The van der Waals surface area contributed by atoms with Gasteiger partial charge in [-0.1, -0.05) is 91.0 Å². The molecule has 0 aromatic heterocycles. The van der Waals surface area contributed by atoms with E-state index in [-0.39, 0.29) is 26.1 Å². The molecular formula is C28H27NO5. The van der Waals surface area contributed by atoms with Crippen molar-refractivity contribution in [1.29, 1.82) is 0 Å². The first-order valence-electron chi connectivity index (χ1n) is 11.0. The average Bonchev–Trinajstić information content (AvgIpc) is 2.89. The minimum atomic E-state index is -0.985. The van der Waals surface area contributed by atoms with Gasteiger partial charge in [-0.15, -0.1) is 0 Å². The van der Waals surface area contributed by atoms with Crippen LogP contribution in [0, 0.1) is 0 Å².